The maximum atomic E-state index is 12.5. The van der Waals surface area contributed by atoms with E-state index in [2.05, 4.69) is 31.3 Å². The molecule has 4 N–H and O–H groups in total. The Morgan fingerprint density at radius 2 is 0.957 bits per heavy atom. The third-order valence-corrected chi connectivity index (χ3v) is 9.51. The molecule has 3 atom stereocenters. The molecule has 0 bridgehead atoms. The Hall–Kier alpha value is -1.22. The van der Waals surface area contributed by atoms with Crippen molar-refractivity contribution in [3.05, 3.63) is 24.3 Å². The Labute approximate surface area is 284 Å². The highest BCUT2D eigenvalue weighted by molar-refractivity contribution is 7.85. The first-order valence-electron chi connectivity index (χ1n) is 19.1. The molecule has 0 radical (unpaired) electrons. The summed E-state index contributed by atoms with van der Waals surface area (Å²) in [5.41, 5.74) is 0. The Bertz CT molecular complexity index is 844. The quantitative estimate of drug-likeness (QED) is 0.0307. The molecule has 0 heterocycles. The number of hydrogen-bond acceptors (Lipinski definition) is 5. The van der Waals surface area contributed by atoms with Crippen LogP contribution in [-0.4, -0.2) is 53.1 Å². The molecule has 7 nitrogen and oxygen atoms in total. The van der Waals surface area contributed by atoms with Crippen molar-refractivity contribution in [2.24, 2.45) is 0 Å². The maximum Gasteiger partial charge on any atom is 0.267 e. The number of aliphatic hydroxyl groups is 2. The zero-order chi connectivity index (χ0) is 34.1. The van der Waals surface area contributed by atoms with Gasteiger partial charge in [0.25, 0.3) is 10.1 Å². The number of allylic oxidation sites excluding steroid dienone is 3. The van der Waals surface area contributed by atoms with E-state index in [1.165, 1.54) is 115 Å². The summed E-state index contributed by atoms with van der Waals surface area (Å²) < 4.78 is 32.4. The van der Waals surface area contributed by atoms with Gasteiger partial charge in [-0.25, -0.2) is 0 Å². The van der Waals surface area contributed by atoms with Gasteiger partial charge in [0.15, 0.2) is 0 Å². The standard InChI is InChI=1S/C38H73NO6S/c1-3-5-7-9-11-13-15-17-18-19-20-21-23-25-27-29-31-33-37(41)38(42)39-35(34-46(43,44)45)36(40)32-30-28-26-24-22-16-14-12-10-8-6-4-2/h20-21,30,32,35-37,40-41H,3-19,22-29,31,33-34H2,1-2H3,(H,39,42)(H,43,44,45)/b21-20-,32-30+. The Morgan fingerprint density at radius 1 is 0.587 bits per heavy atom. The fraction of sp³-hybridized carbons (Fsp3) is 0.868. The minimum absolute atomic E-state index is 0.267. The van der Waals surface area contributed by atoms with Gasteiger partial charge in [-0.1, -0.05) is 167 Å². The van der Waals surface area contributed by atoms with E-state index in [1.54, 1.807) is 6.08 Å². The molecule has 3 unspecified atom stereocenters. The third-order valence-electron chi connectivity index (χ3n) is 8.73. The predicted octanol–water partition coefficient (Wildman–Crippen LogP) is 9.77. The molecule has 0 aliphatic rings. The summed E-state index contributed by atoms with van der Waals surface area (Å²) in [6.07, 6.45) is 36.6. The number of rotatable bonds is 34. The first-order valence-corrected chi connectivity index (χ1v) is 20.8. The summed E-state index contributed by atoms with van der Waals surface area (Å²) in [6, 6.07) is -1.23. The summed E-state index contributed by atoms with van der Waals surface area (Å²) in [4.78, 5) is 12.5. The van der Waals surface area contributed by atoms with Gasteiger partial charge in [-0.2, -0.15) is 8.42 Å². The van der Waals surface area contributed by atoms with Crippen LogP contribution in [0.5, 0.6) is 0 Å². The van der Waals surface area contributed by atoms with Crippen molar-refractivity contribution in [2.45, 2.75) is 205 Å². The van der Waals surface area contributed by atoms with Crippen molar-refractivity contribution in [1.82, 2.24) is 5.32 Å². The lowest BCUT2D eigenvalue weighted by Crippen LogP contribution is -2.50. The van der Waals surface area contributed by atoms with E-state index in [0.29, 0.717) is 6.42 Å². The van der Waals surface area contributed by atoms with Gasteiger partial charge in [-0.3, -0.25) is 9.35 Å². The van der Waals surface area contributed by atoms with Gasteiger partial charge < -0.3 is 15.5 Å². The largest absolute Gasteiger partial charge is 0.387 e. The molecule has 0 fully saturated rings. The van der Waals surface area contributed by atoms with Crippen molar-refractivity contribution >= 4 is 16.0 Å². The minimum atomic E-state index is -4.44. The predicted molar refractivity (Wildman–Crippen MR) is 195 cm³/mol. The van der Waals surface area contributed by atoms with Crippen LogP contribution in [-0.2, 0) is 14.9 Å². The van der Waals surface area contributed by atoms with Gasteiger partial charge in [-0.05, 0) is 44.9 Å². The SMILES string of the molecule is CCCCCCCCCCC/C=C\CCCCCCC(O)C(=O)NC(CS(=O)(=O)O)C(O)/C=C/CCCCCCCCCCCC. The Morgan fingerprint density at radius 3 is 1.37 bits per heavy atom. The lowest BCUT2D eigenvalue weighted by atomic mass is 10.0. The molecule has 0 aromatic heterocycles. The van der Waals surface area contributed by atoms with E-state index in [0.717, 1.165) is 51.4 Å². The number of carbonyl (C=O) groups is 1. The number of carbonyl (C=O) groups excluding carboxylic acids is 1. The van der Waals surface area contributed by atoms with Gasteiger partial charge in [0.1, 0.15) is 6.10 Å². The number of unbranched alkanes of at least 4 members (excludes halogenated alkanes) is 23. The highest BCUT2D eigenvalue weighted by atomic mass is 32.2. The molecule has 0 rings (SSSR count). The van der Waals surface area contributed by atoms with Crippen LogP contribution in [0.4, 0.5) is 0 Å². The Kier molecular flexibility index (Phi) is 31.5. The first-order chi connectivity index (χ1) is 22.2. The smallest absolute Gasteiger partial charge is 0.267 e. The van der Waals surface area contributed by atoms with Crippen molar-refractivity contribution in [2.75, 3.05) is 5.75 Å². The summed E-state index contributed by atoms with van der Waals surface area (Å²) in [5.74, 6) is -1.54. The van der Waals surface area contributed by atoms with E-state index < -0.39 is 40.0 Å². The highest BCUT2D eigenvalue weighted by Gasteiger charge is 2.27. The monoisotopic (exact) mass is 672 g/mol. The molecule has 0 spiro atoms. The fourth-order valence-electron chi connectivity index (χ4n) is 5.74. The van der Waals surface area contributed by atoms with Crippen molar-refractivity contribution in [3.63, 3.8) is 0 Å². The summed E-state index contributed by atoms with van der Waals surface area (Å²) >= 11 is 0. The van der Waals surface area contributed by atoms with Crippen LogP contribution in [0.3, 0.4) is 0 Å². The van der Waals surface area contributed by atoms with E-state index in [1.807, 2.05) is 0 Å². The first kappa shape index (κ1) is 44.8. The van der Waals surface area contributed by atoms with Crippen LogP contribution in [0.25, 0.3) is 0 Å². The second-order valence-corrected chi connectivity index (χ2v) is 14.8. The van der Waals surface area contributed by atoms with Gasteiger partial charge in [0, 0.05) is 0 Å². The van der Waals surface area contributed by atoms with Crippen LogP contribution in [0.2, 0.25) is 0 Å². The molecule has 0 aromatic carbocycles. The van der Waals surface area contributed by atoms with Gasteiger partial charge >= 0.3 is 0 Å². The molecule has 272 valence electrons. The topological polar surface area (TPSA) is 124 Å². The number of hydrogen-bond donors (Lipinski definition) is 4. The zero-order valence-electron chi connectivity index (χ0n) is 29.8. The molecule has 8 heteroatoms. The zero-order valence-corrected chi connectivity index (χ0v) is 30.6. The van der Waals surface area contributed by atoms with E-state index in [4.69, 9.17) is 0 Å². The number of nitrogens with one attached hydrogen (secondary N) is 1. The van der Waals surface area contributed by atoms with E-state index in [9.17, 15) is 28.0 Å². The molecule has 0 saturated carbocycles. The molecular formula is C38H73NO6S. The van der Waals surface area contributed by atoms with Crippen molar-refractivity contribution in [1.29, 1.82) is 0 Å². The summed E-state index contributed by atoms with van der Waals surface area (Å²) in [7, 11) is -4.44. The fourth-order valence-corrected chi connectivity index (χ4v) is 6.48. The highest BCUT2D eigenvalue weighted by Crippen LogP contribution is 2.14. The molecule has 46 heavy (non-hydrogen) atoms. The molecule has 0 aliphatic carbocycles. The average molecular weight is 672 g/mol. The van der Waals surface area contributed by atoms with Crippen molar-refractivity contribution < 1.29 is 28.0 Å². The van der Waals surface area contributed by atoms with Gasteiger partial charge in [0.2, 0.25) is 5.91 Å². The average Bonchev–Trinajstić information content (AvgIpc) is 3.01. The minimum Gasteiger partial charge on any atom is -0.387 e. The number of aliphatic hydroxyl groups excluding tert-OH is 2. The third kappa shape index (κ3) is 31.4. The van der Waals surface area contributed by atoms with Gasteiger partial charge in [0.05, 0.1) is 17.9 Å². The summed E-state index contributed by atoms with van der Waals surface area (Å²) in [5, 5.41) is 23.3. The molecule has 0 saturated heterocycles. The normalized spacial score (nSPS) is 14.3. The molecule has 0 aromatic rings. The van der Waals surface area contributed by atoms with Crippen LogP contribution in [0.15, 0.2) is 24.3 Å². The summed E-state index contributed by atoms with van der Waals surface area (Å²) in [6.45, 7) is 4.48. The number of amides is 1. The second-order valence-electron chi connectivity index (χ2n) is 13.3. The lowest BCUT2D eigenvalue weighted by molar-refractivity contribution is -0.130. The molecule has 0 aliphatic heterocycles. The lowest BCUT2D eigenvalue weighted by Gasteiger charge is -2.22. The second kappa shape index (κ2) is 32.3. The van der Waals surface area contributed by atoms with Crippen molar-refractivity contribution in [3.8, 4) is 0 Å². The Balaban J connectivity index is 4.09. The van der Waals surface area contributed by atoms with E-state index >= 15 is 0 Å². The van der Waals surface area contributed by atoms with Gasteiger partial charge in [-0.15, -0.1) is 0 Å². The van der Waals surface area contributed by atoms with Crippen LogP contribution in [0.1, 0.15) is 187 Å². The van der Waals surface area contributed by atoms with Crippen LogP contribution >= 0.6 is 0 Å². The van der Waals surface area contributed by atoms with Crippen LogP contribution < -0.4 is 5.32 Å². The molecular weight excluding hydrogens is 598 g/mol. The van der Waals surface area contributed by atoms with Crippen LogP contribution in [0, 0.1) is 0 Å². The molecule has 1 amide bonds. The maximum absolute atomic E-state index is 12.5. The van der Waals surface area contributed by atoms with E-state index in [-0.39, 0.29) is 6.42 Å².